The lowest BCUT2D eigenvalue weighted by atomic mass is 9.81. The molecule has 7 heteroatoms. The number of ether oxygens (including phenoxy) is 1. The quantitative estimate of drug-likeness (QED) is 0.473. The van der Waals surface area contributed by atoms with Crippen molar-refractivity contribution in [2.75, 3.05) is 33.9 Å². The Morgan fingerprint density at radius 3 is 2.30 bits per heavy atom. The number of hydrogen-bond donors (Lipinski definition) is 2. The molecular formula is C13H25N3O3S. The van der Waals surface area contributed by atoms with Crippen molar-refractivity contribution in [2.45, 2.75) is 26.7 Å². The number of carbonyl (C=O) groups excluding carboxylic acids is 2. The molecule has 0 saturated heterocycles. The Kier molecular flexibility index (Phi) is 8.33. The van der Waals surface area contributed by atoms with E-state index in [1.54, 1.807) is 14.2 Å². The van der Waals surface area contributed by atoms with E-state index in [4.69, 9.17) is 22.7 Å². The van der Waals surface area contributed by atoms with Gasteiger partial charge in [0, 0.05) is 20.7 Å². The van der Waals surface area contributed by atoms with Crippen molar-refractivity contribution in [3.8, 4) is 0 Å². The summed E-state index contributed by atoms with van der Waals surface area (Å²) in [6.45, 7) is 4.57. The highest BCUT2D eigenvalue weighted by Gasteiger charge is 2.40. The average molecular weight is 303 g/mol. The largest absolute Gasteiger partial charge is 0.392 e. The van der Waals surface area contributed by atoms with Gasteiger partial charge in [0.05, 0.1) is 23.6 Å². The Labute approximate surface area is 126 Å². The SMILES string of the molecule is CCC(CC)(C(=O)N(C)CC(=O)NCCOC)C(N)=S. The fourth-order valence-electron chi connectivity index (χ4n) is 2.01. The van der Waals surface area contributed by atoms with Crippen LogP contribution in [-0.4, -0.2) is 55.6 Å². The van der Waals surface area contributed by atoms with Crippen LogP contribution in [0.2, 0.25) is 0 Å². The topological polar surface area (TPSA) is 84.7 Å². The number of likely N-dealkylation sites (N-methyl/N-ethyl adjacent to an activating group) is 1. The number of hydrogen-bond acceptors (Lipinski definition) is 4. The van der Waals surface area contributed by atoms with Crippen LogP contribution in [0, 0.1) is 5.41 Å². The van der Waals surface area contributed by atoms with Crippen molar-refractivity contribution in [2.24, 2.45) is 11.1 Å². The smallest absolute Gasteiger partial charge is 0.239 e. The van der Waals surface area contributed by atoms with E-state index in [2.05, 4.69) is 5.32 Å². The highest BCUT2D eigenvalue weighted by Crippen LogP contribution is 2.29. The molecule has 0 aliphatic carbocycles. The Bertz CT molecular complexity index is 357. The van der Waals surface area contributed by atoms with Crippen LogP contribution in [0.25, 0.3) is 0 Å². The minimum absolute atomic E-state index is 0.0209. The summed E-state index contributed by atoms with van der Waals surface area (Å²) in [7, 11) is 3.14. The zero-order valence-electron chi connectivity index (χ0n) is 12.7. The van der Waals surface area contributed by atoms with Crippen LogP contribution in [0.15, 0.2) is 0 Å². The lowest BCUT2D eigenvalue weighted by Crippen LogP contribution is -2.51. The second-order valence-corrected chi connectivity index (χ2v) is 5.10. The molecule has 0 aliphatic heterocycles. The molecule has 0 saturated carbocycles. The summed E-state index contributed by atoms with van der Waals surface area (Å²) >= 11 is 5.04. The minimum Gasteiger partial charge on any atom is -0.392 e. The van der Waals surface area contributed by atoms with E-state index in [9.17, 15) is 9.59 Å². The lowest BCUT2D eigenvalue weighted by molar-refractivity contribution is -0.140. The Morgan fingerprint density at radius 2 is 1.90 bits per heavy atom. The van der Waals surface area contributed by atoms with Crippen molar-refractivity contribution in [1.29, 1.82) is 0 Å². The van der Waals surface area contributed by atoms with Crippen LogP contribution in [0.3, 0.4) is 0 Å². The zero-order valence-corrected chi connectivity index (χ0v) is 13.5. The molecule has 6 nitrogen and oxygen atoms in total. The summed E-state index contributed by atoms with van der Waals surface area (Å²) in [6.07, 6.45) is 1.04. The zero-order chi connectivity index (χ0) is 15.8. The highest BCUT2D eigenvalue weighted by molar-refractivity contribution is 7.80. The van der Waals surface area contributed by atoms with Gasteiger partial charge in [0.15, 0.2) is 0 Å². The second-order valence-electron chi connectivity index (χ2n) is 4.66. The first-order valence-corrected chi connectivity index (χ1v) is 7.07. The standard InChI is InChI=1S/C13H25N3O3S/c1-5-13(6-2,11(14)20)12(18)16(3)9-10(17)15-7-8-19-4/h5-9H2,1-4H3,(H2,14,20)(H,15,17). The Morgan fingerprint density at radius 1 is 1.35 bits per heavy atom. The van der Waals surface area contributed by atoms with Gasteiger partial charge in [-0.25, -0.2) is 0 Å². The molecule has 0 aliphatic rings. The van der Waals surface area contributed by atoms with Gasteiger partial charge in [-0.05, 0) is 12.8 Å². The van der Waals surface area contributed by atoms with Crippen molar-refractivity contribution >= 4 is 29.0 Å². The number of thiocarbonyl (C=S) groups is 1. The van der Waals surface area contributed by atoms with E-state index in [0.29, 0.717) is 26.0 Å². The summed E-state index contributed by atoms with van der Waals surface area (Å²) in [5.41, 5.74) is 4.86. The minimum atomic E-state index is -0.864. The molecule has 0 bridgehead atoms. The van der Waals surface area contributed by atoms with Gasteiger partial charge in [0.1, 0.15) is 0 Å². The molecule has 0 aromatic rings. The molecule has 0 radical (unpaired) electrons. The highest BCUT2D eigenvalue weighted by atomic mass is 32.1. The van der Waals surface area contributed by atoms with E-state index < -0.39 is 5.41 Å². The van der Waals surface area contributed by atoms with Crippen molar-refractivity contribution in [1.82, 2.24) is 10.2 Å². The van der Waals surface area contributed by atoms with Gasteiger partial charge < -0.3 is 20.7 Å². The summed E-state index contributed by atoms with van der Waals surface area (Å²) < 4.78 is 4.84. The fraction of sp³-hybridized carbons (Fsp3) is 0.769. The Balaban J connectivity index is 4.67. The second kappa shape index (κ2) is 8.86. The van der Waals surface area contributed by atoms with E-state index in [-0.39, 0.29) is 23.3 Å². The maximum absolute atomic E-state index is 12.5. The number of nitrogens with two attached hydrogens (primary N) is 1. The summed E-state index contributed by atoms with van der Waals surface area (Å²) in [5.74, 6) is -0.446. The van der Waals surface area contributed by atoms with Crippen molar-refractivity contribution in [3.63, 3.8) is 0 Å². The monoisotopic (exact) mass is 303 g/mol. The van der Waals surface area contributed by atoms with Gasteiger partial charge in [-0.3, -0.25) is 9.59 Å². The Hall–Kier alpha value is -1.21. The first kappa shape index (κ1) is 18.8. The number of amides is 2. The molecular weight excluding hydrogens is 278 g/mol. The van der Waals surface area contributed by atoms with Crippen molar-refractivity contribution < 1.29 is 14.3 Å². The van der Waals surface area contributed by atoms with E-state index in [1.165, 1.54) is 4.90 Å². The molecule has 0 rings (SSSR count). The van der Waals surface area contributed by atoms with Gasteiger partial charge >= 0.3 is 0 Å². The number of nitrogens with zero attached hydrogens (tertiary/aromatic N) is 1. The predicted octanol–water partition coefficient (Wildman–Crippen LogP) is 0.300. The molecule has 2 amide bonds. The molecule has 0 spiro atoms. The molecule has 0 fully saturated rings. The van der Waals surface area contributed by atoms with Crippen LogP contribution < -0.4 is 11.1 Å². The van der Waals surface area contributed by atoms with E-state index >= 15 is 0 Å². The normalized spacial score (nSPS) is 11.0. The molecule has 116 valence electrons. The van der Waals surface area contributed by atoms with Gasteiger partial charge in [0.2, 0.25) is 11.8 Å². The van der Waals surface area contributed by atoms with E-state index in [1.807, 2.05) is 13.8 Å². The molecule has 0 aromatic heterocycles. The van der Waals surface area contributed by atoms with Crippen LogP contribution in [0.5, 0.6) is 0 Å². The fourth-order valence-corrected chi connectivity index (χ4v) is 2.38. The molecule has 0 atom stereocenters. The third-order valence-electron chi connectivity index (χ3n) is 3.44. The van der Waals surface area contributed by atoms with E-state index in [0.717, 1.165) is 0 Å². The van der Waals surface area contributed by atoms with Crippen LogP contribution in [0.1, 0.15) is 26.7 Å². The summed E-state index contributed by atoms with van der Waals surface area (Å²) in [4.78, 5) is 25.7. The number of rotatable bonds is 9. The molecule has 0 unspecified atom stereocenters. The van der Waals surface area contributed by atoms with Crippen LogP contribution in [-0.2, 0) is 14.3 Å². The van der Waals surface area contributed by atoms with Crippen LogP contribution in [0.4, 0.5) is 0 Å². The van der Waals surface area contributed by atoms with Gasteiger partial charge in [-0.2, -0.15) is 0 Å². The average Bonchev–Trinajstić information content (AvgIpc) is 2.40. The molecule has 0 heterocycles. The number of methoxy groups -OCH3 is 1. The maximum Gasteiger partial charge on any atom is 0.239 e. The van der Waals surface area contributed by atoms with Crippen molar-refractivity contribution in [3.05, 3.63) is 0 Å². The third-order valence-corrected chi connectivity index (χ3v) is 3.83. The predicted molar refractivity (Wildman–Crippen MR) is 82.3 cm³/mol. The molecule has 0 aromatic carbocycles. The van der Waals surface area contributed by atoms with Gasteiger partial charge in [-0.15, -0.1) is 0 Å². The molecule has 20 heavy (non-hydrogen) atoms. The number of carbonyl (C=O) groups is 2. The van der Waals surface area contributed by atoms with Crippen LogP contribution >= 0.6 is 12.2 Å². The third kappa shape index (κ3) is 4.72. The first-order valence-electron chi connectivity index (χ1n) is 6.66. The lowest BCUT2D eigenvalue weighted by Gasteiger charge is -2.33. The first-order chi connectivity index (χ1) is 9.35. The number of nitrogens with one attached hydrogen (secondary N) is 1. The summed E-state index contributed by atoms with van der Waals surface area (Å²) in [6, 6.07) is 0. The maximum atomic E-state index is 12.5. The van der Waals surface area contributed by atoms with Gasteiger partial charge in [0.25, 0.3) is 0 Å². The van der Waals surface area contributed by atoms with Gasteiger partial charge in [-0.1, -0.05) is 26.1 Å². The molecule has 3 N–H and O–H groups in total. The summed E-state index contributed by atoms with van der Waals surface area (Å²) in [5, 5.41) is 2.66.